The molecule has 1 amide bonds. The predicted octanol–water partition coefficient (Wildman–Crippen LogP) is 1.91. The summed E-state index contributed by atoms with van der Waals surface area (Å²) in [5.74, 6) is 0.579. The van der Waals surface area contributed by atoms with Gasteiger partial charge in [0.2, 0.25) is 5.91 Å². The van der Waals surface area contributed by atoms with Gasteiger partial charge in [0.15, 0.2) is 6.29 Å². The molecule has 2 rings (SSSR count). The lowest BCUT2D eigenvalue weighted by Crippen LogP contribution is -2.39. The van der Waals surface area contributed by atoms with Crippen LogP contribution in [-0.2, 0) is 9.53 Å². The first-order valence-corrected chi connectivity index (χ1v) is 6.42. The third kappa shape index (κ3) is 3.94. The van der Waals surface area contributed by atoms with Crippen molar-refractivity contribution in [3.05, 3.63) is 24.3 Å². The van der Waals surface area contributed by atoms with Crippen LogP contribution in [0.3, 0.4) is 0 Å². The highest BCUT2D eigenvalue weighted by atomic mass is 16.7. The molecule has 0 aromatic heterocycles. The molecular weight excluding hydrogens is 246 g/mol. The molecule has 5 nitrogen and oxygen atoms in total. The zero-order chi connectivity index (χ0) is 13.8. The molecule has 1 aliphatic rings. The van der Waals surface area contributed by atoms with Crippen LogP contribution < -0.4 is 10.1 Å². The molecule has 1 fully saturated rings. The summed E-state index contributed by atoms with van der Waals surface area (Å²) in [6, 6.07) is 7.12. The molecule has 1 saturated heterocycles. The fourth-order valence-electron chi connectivity index (χ4n) is 2.00. The maximum Gasteiger partial charge on any atom is 0.221 e. The molecule has 104 valence electrons. The van der Waals surface area contributed by atoms with Gasteiger partial charge in [0.1, 0.15) is 5.75 Å². The van der Waals surface area contributed by atoms with Crippen molar-refractivity contribution in [3.63, 3.8) is 0 Å². The smallest absolute Gasteiger partial charge is 0.221 e. The molecule has 2 N–H and O–H groups in total. The fraction of sp³-hybridized carbons (Fsp3) is 0.500. The van der Waals surface area contributed by atoms with Gasteiger partial charge < -0.3 is 19.9 Å². The van der Waals surface area contributed by atoms with Crippen molar-refractivity contribution in [2.24, 2.45) is 0 Å². The number of nitrogens with one attached hydrogen (secondary N) is 1. The molecule has 0 unspecified atom stereocenters. The van der Waals surface area contributed by atoms with E-state index in [9.17, 15) is 9.90 Å². The highest BCUT2D eigenvalue weighted by Crippen LogP contribution is 2.23. The van der Waals surface area contributed by atoms with E-state index in [2.05, 4.69) is 5.32 Å². The van der Waals surface area contributed by atoms with Crippen LogP contribution in [0.4, 0.5) is 5.69 Å². The highest BCUT2D eigenvalue weighted by Gasteiger charge is 2.27. The monoisotopic (exact) mass is 265 g/mol. The van der Waals surface area contributed by atoms with Gasteiger partial charge in [0.25, 0.3) is 0 Å². The molecule has 0 saturated carbocycles. The van der Waals surface area contributed by atoms with E-state index in [-0.39, 0.29) is 18.3 Å². The molecule has 1 aliphatic heterocycles. The molecule has 19 heavy (non-hydrogen) atoms. The minimum absolute atomic E-state index is 0.105. The van der Waals surface area contributed by atoms with E-state index in [1.807, 2.05) is 6.92 Å². The first-order valence-electron chi connectivity index (χ1n) is 6.42. The Morgan fingerprint density at radius 1 is 1.37 bits per heavy atom. The summed E-state index contributed by atoms with van der Waals surface area (Å²) >= 11 is 0. The average Bonchev–Trinajstić information content (AvgIpc) is 2.36. The normalized spacial score (nSPS) is 26.8. The van der Waals surface area contributed by atoms with Crippen LogP contribution >= 0.6 is 0 Å². The summed E-state index contributed by atoms with van der Waals surface area (Å²) in [5.41, 5.74) is 0.730. The second-order valence-corrected chi connectivity index (χ2v) is 4.74. The van der Waals surface area contributed by atoms with E-state index in [4.69, 9.17) is 9.47 Å². The maximum atomic E-state index is 10.9. The number of carbonyl (C=O) groups excluding carboxylic acids is 1. The lowest BCUT2D eigenvalue weighted by Gasteiger charge is -2.31. The van der Waals surface area contributed by atoms with Crippen LogP contribution in [0.25, 0.3) is 0 Å². The van der Waals surface area contributed by atoms with E-state index in [1.54, 1.807) is 24.3 Å². The van der Waals surface area contributed by atoms with Crippen molar-refractivity contribution in [2.75, 3.05) is 5.32 Å². The fourth-order valence-corrected chi connectivity index (χ4v) is 2.00. The van der Waals surface area contributed by atoms with Crippen molar-refractivity contribution in [1.82, 2.24) is 0 Å². The Morgan fingerprint density at radius 3 is 2.63 bits per heavy atom. The summed E-state index contributed by atoms with van der Waals surface area (Å²) in [4.78, 5) is 10.9. The van der Waals surface area contributed by atoms with E-state index in [0.717, 1.165) is 5.69 Å². The van der Waals surface area contributed by atoms with E-state index >= 15 is 0 Å². The van der Waals surface area contributed by atoms with Crippen LogP contribution in [0, 0.1) is 0 Å². The third-order valence-corrected chi connectivity index (χ3v) is 3.05. The summed E-state index contributed by atoms with van der Waals surface area (Å²) in [7, 11) is 0. The summed E-state index contributed by atoms with van der Waals surface area (Å²) < 4.78 is 11.2. The van der Waals surface area contributed by atoms with Gasteiger partial charge in [-0.05, 0) is 37.6 Å². The summed E-state index contributed by atoms with van der Waals surface area (Å²) in [6.45, 7) is 3.30. The Morgan fingerprint density at radius 2 is 2.05 bits per heavy atom. The zero-order valence-electron chi connectivity index (χ0n) is 11.1. The van der Waals surface area contributed by atoms with Crippen molar-refractivity contribution in [1.29, 1.82) is 0 Å². The Hall–Kier alpha value is -1.59. The molecule has 0 spiro atoms. The van der Waals surface area contributed by atoms with Crippen LogP contribution in [0.15, 0.2) is 24.3 Å². The standard InChI is InChI=1S/C14H19NO4/c1-9-13(17)7-8-14(18-9)19-12-5-3-11(4-6-12)15-10(2)16/h3-6,9,13-14,17H,7-8H2,1-2H3,(H,15,16)/t9-,13+,14-/m0/s1. The van der Waals surface area contributed by atoms with Gasteiger partial charge in [-0.2, -0.15) is 0 Å². The molecule has 0 radical (unpaired) electrons. The van der Waals surface area contributed by atoms with Crippen molar-refractivity contribution >= 4 is 11.6 Å². The minimum atomic E-state index is -0.415. The van der Waals surface area contributed by atoms with Crippen LogP contribution in [-0.4, -0.2) is 29.5 Å². The van der Waals surface area contributed by atoms with Crippen molar-refractivity contribution in [2.45, 2.75) is 45.2 Å². The van der Waals surface area contributed by atoms with Crippen LogP contribution in [0.5, 0.6) is 5.75 Å². The topological polar surface area (TPSA) is 67.8 Å². The minimum Gasteiger partial charge on any atom is -0.465 e. The third-order valence-electron chi connectivity index (χ3n) is 3.05. The number of aliphatic hydroxyl groups excluding tert-OH is 1. The predicted molar refractivity (Wildman–Crippen MR) is 70.9 cm³/mol. The largest absolute Gasteiger partial charge is 0.465 e. The van der Waals surface area contributed by atoms with Gasteiger partial charge in [-0.3, -0.25) is 4.79 Å². The second-order valence-electron chi connectivity index (χ2n) is 4.74. The Kier molecular flexibility index (Phi) is 4.39. The molecule has 1 heterocycles. The first kappa shape index (κ1) is 13.8. The lowest BCUT2D eigenvalue weighted by atomic mass is 10.1. The summed E-state index contributed by atoms with van der Waals surface area (Å²) in [5, 5.41) is 12.3. The number of aliphatic hydroxyl groups is 1. The molecule has 3 atom stereocenters. The number of benzene rings is 1. The Labute approximate surface area is 112 Å². The first-order chi connectivity index (χ1) is 9.04. The Bertz CT molecular complexity index is 432. The number of rotatable bonds is 3. The summed E-state index contributed by atoms with van der Waals surface area (Å²) in [6.07, 6.45) is 0.388. The molecule has 0 aliphatic carbocycles. The SMILES string of the molecule is CC(=O)Nc1ccc(O[C@H]2CC[C@@H](O)[C@H](C)O2)cc1. The zero-order valence-corrected chi connectivity index (χ0v) is 11.1. The molecular formula is C14H19NO4. The maximum absolute atomic E-state index is 10.9. The van der Waals surface area contributed by atoms with Gasteiger partial charge in [0.05, 0.1) is 12.2 Å². The number of ether oxygens (including phenoxy) is 2. The number of hydrogen-bond donors (Lipinski definition) is 2. The van der Waals surface area contributed by atoms with Gasteiger partial charge >= 0.3 is 0 Å². The second kappa shape index (κ2) is 6.04. The van der Waals surface area contributed by atoms with E-state index in [0.29, 0.717) is 18.6 Å². The van der Waals surface area contributed by atoms with Gasteiger partial charge in [0, 0.05) is 19.0 Å². The lowest BCUT2D eigenvalue weighted by molar-refractivity contribution is -0.180. The quantitative estimate of drug-likeness (QED) is 0.876. The highest BCUT2D eigenvalue weighted by molar-refractivity contribution is 5.88. The van der Waals surface area contributed by atoms with Crippen LogP contribution in [0.2, 0.25) is 0 Å². The van der Waals surface area contributed by atoms with Gasteiger partial charge in [-0.15, -0.1) is 0 Å². The molecule has 1 aromatic carbocycles. The van der Waals surface area contributed by atoms with E-state index < -0.39 is 6.10 Å². The number of anilines is 1. The van der Waals surface area contributed by atoms with Crippen molar-refractivity contribution < 1.29 is 19.4 Å². The molecule has 5 heteroatoms. The molecule has 0 bridgehead atoms. The van der Waals surface area contributed by atoms with Gasteiger partial charge in [-0.25, -0.2) is 0 Å². The number of amides is 1. The Balaban J connectivity index is 1.91. The van der Waals surface area contributed by atoms with Crippen molar-refractivity contribution in [3.8, 4) is 5.75 Å². The number of hydrogen-bond acceptors (Lipinski definition) is 4. The number of carbonyl (C=O) groups is 1. The van der Waals surface area contributed by atoms with Gasteiger partial charge in [-0.1, -0.05) is 0 Å². The van der Waals surface area contributed by atoms with Crippen LogP contribution in [0.1, 0.15) is 26.7 Å². The average molecular weight is 265 g/mol. The van der Waals surface area contributed by atoms with E-state index in [1.165, 1.54) is 6.92 Å². The molecule has 1 aromatic rings.